The first kappa shape index (κ1) is 55.7. The van der Waals surface area contributed by atoms with Gasteiger partial charge in [-0.05, 0) is 0 Å². The molecule has 0 bridgehead atoms. The molecule has 10 aromatic carbocycles. The minimum atomic E-state index is -2.11. The van der Waals surface area contributed by atoms with Crippen LogP contribution in [0, 0.1) is 0 Å². The van der Waals surface area contributed by atoms with Crippen molar-refractivity contribution < 1.29 is 174 Å². The maximum atomic E-state index is 12.8. The van der Waals surface area contributed by atoms with E-state index in [4.69, 9.17) is 0 Å². The maximum Gasteiger partial charge on any atom is 0.208 e. The fraction of sp³-hybridized carbons (Fsp3) is 0. The lowest BCUT2D eigenvalue weighted by Crippen LogP contribution is -1.98. The molecule has 10 aromatic rings. The first-order valence-electron chi connectivity index (χ1n) is 22.9. The summed E-state index contributed by atoms with van der Waals surface area (Å²) in [7, 11) is 0. The van der Waals surface area contributed by atoms with E-state index in [2.05, 4.69) is 0 Å². The molecule has 0 saturated carbocycles. The molecule has 0 aliphatic heterocycles. The van der Waals surface area contributed by atoms with Crippen LogP contribution in [0.3, 0.4) is 0 Å². The van der Waals surface area contributed by atoms with Crippen LogP contribution in [0.4, 0.5) is 0 Å². The molecule has 86 heavy (non-hydrogen) atoms. The van der Waals surface area contributed by atoms with Gasteiger partial charge in [-0.15, -0.1) is 0 Å². The van der Waals surface area contributed by atoms with E-state index >= 15 is 0 Å². The number of fused-ring (bicyclic) bond motifs is 4. The lowest BCUT2D eigenvalue weighted by Gasteiger charge is -2.26. The van der Waals surface area contributed by atoms with E-state index in [1.807, 2.05) is 0 Å². The zero-order valence-electron chi connectivity index (χ0n) is 41.2. The molecule has 34 heteroatoms. The van der Waals surface area contributed by atoms with Crippen LogP contribution in [0.15, 0.2) is 0 Å². The molecule has 446 valence electrons. The minimum absolute atomic E-state index is 1.35. The van der Waals surface area contributed by atoms with Crippen LogP contribution in [0.2, 0.25) is 0 Å². The summed E-state index contributed by atoms with van der Waals surface area (Å²) in [5.74, 6) is -63.5. The fourth-order valence-corrected chi connectivity index (χ4v) is 10.4. The van der Waals surface area contributed by atoms with Gasteiger partial charge in [-0.2, -0.15) is 0 Å². The van der Waals surface area contributed by atoms with E-state index in [9.17, 15) is 174 Å². The number of hydrogen-bond acceptors (Lipinski definition) is 34. The number of benzene rings is 10. The molecule has 34 nitrogen and oxygen atoms in total. The molecule has 0 unspecified atom stereocenters. The molecule has 0 amide bonds. The normalized spacial score (nSPS) is 11.7. The minimum Gasteiger partial charge on any atom is -0.506 e. The summed E-state index contributed by atoms with van der Waals surface area (Å²) in [6, 6.07) is 0. The predicted molar refractivity (Wildman–Crippen MR) is 280 cm³/mol. The zero-order valence-corrected chi connectivity index (χ0v) is 41.2. The smallest absolute Gasteiger partial charge is 0.208 e. The third-order valence-electron chi connectivity index (χ3n) is 14.4. The van der Waals surface area contributed by atoms with Crippen molar-refractivity contribution in [2.45, 2.75) is 0 Å². The second kappa shape index (κ2) is 17.5. The fourth-order valence-electron chi connectivity index (χ4n) is 10.4. The Morgan fingerprint density at radius 1 is 0.0698 bits per heavy atom. The highest BCUT2D eigenvalue weighted by atomic mass is 16.4. The summed E-state index contributed by atoms with van der Waals surface area (Å²) in [5, 5.41) is 371. The Labute approximate surface area is 466 Å². The topological polar surface area (TPSA) is 688 Å². The number of rotatable bonds is 5. The van der Waals surface area contributed by atoms with Gasteiger partial charge in [-0.25, -0.2) is 0 Å². The number of aromatic hydroxyl groups is 34. The average Bonchev–Trinajstić information content (AvgIpc) is 0.697. The van der Waals surface area contributed by atoms with E-state index in [1.54, 1.807) is 0 Å². The molecular weight excluding hydrogens is 1170 g/mol. The van der Waals surface area contributed by atoms with Gasteiger partial charge in [0.15, 0.2) is 115 Å². The highest BCUT2D eigenvalue weighted by Gasteiger charge is 2.43. The first-order valence-corrected chi connectivity index (χ1v) is 22.9. The Morgan fingerprint density at radius 2 is 0.174 bits per heavy atom. The third kappa shape index (κ3) is 6.40. The van der Waals surface area contributed by atoms with Crippen LogP contribution in [0.5, 0.6) is 195 Å². The van der Waals surface area contributed by atoms with E-state index in [1.165, 1.54) is 0 Å². The Balaban J connectivity index is 1.52. The van der Waals surface area contributed by atoms with E-state index in [-0.39, 0.29) is 0 Å². The SMILES string of the molecule is Oc1c(O)c(O)c(-c2c(O)c(O)c(-c3c(O)c(O)c(O)c(-c4c5c(O)c(O)c(O)c(O)c5c(-c5c(O)c(O)c6c(O)c(O)c(O)c(O)c6c5O)c5c(O)c(-c6c(O)c(O)c7c(O)c(O)c(O)c(O)c7c6O)c(O)c(O)c45)c3O)c(O)c2O)c(O)c1O. The molecule has 0 radical (unpaired) electrons. The molecule has 34 N–H and O–H groups in total. The first-order chi connectivity index (χ1) is 40.0. The summed E-state index contributed by atoms with van der Waals surface area (Å²) < 4.78 is 0. The maximum absolute atomic E-state index is 12.8. The molecule has 0 aliphatic rings. The lowest BCUT2D eigenvalue weighted by molar-refractivity contribution is 0.329. The third-order valence-corrected chi connectivity index (χ3v) is 14.4. The molecule has 0 heterocycles. The van der Waals surface area contributed by atoms with Gasteiger partial charge in [0.25, 0.3) is 0 Å². The summed E-state index contributed by atoms with van der Waals surface area (Å²) >= 11 is 0. The molecule has 0 aromatic heterocycles. The summed E-state index contributed by atoms with van der Waals surface area (Å²) in [6.07, 6.45) is 0. The van der Waals surface area contributed by atoms with Crippen molar-refractivity contribution in [2.75, 3.05) is 0 Å². The van der Waals surface area contributed by atoms with Crippen molar-refractivity contribution in [3.8, 4) is 251 Å². The van der Waals surface area contributed by atoms with Gasteiger partial charge < -0.3 is 174 Å². The quantitative estimate of drug-likeness (QED) is 0.0634. The van der Waals surface area contributed by atoms with Crippen LogP contribution >= 0.6 is 0 Å². The van der Waals surface area contributed by atoms with Crippen LogP contribution < -0.4 is 0 Å². The van der Waals surface area contributed by atoms with E-state index in [0.29, 0.717) is 0 Å². The van der Waals surface area contributed by atoms with Crippen molar-refractivity contribution in [1.29, 1.82) is 0 Å². The highest BCUT2D eigenvalue weighted by molar-refractivity contribution is 6.32. The lowest BCUT2D eigenvalue weighted by atomic mass is 9.80. The van der Waals surface area contributed by atoms with Gasteiger partial charge >= 0.3 is 0 Å². The van der Waals surface area contributed by atoms with Crippen molar-refractivity contribution in [2.24, 2.45) is 0 Å². The second-order valence-corrected chi connectivity index (χ2v) is 18.6. The van der Waals surface area contributed by atoms with Crippen molar-refractivity contribution in [3.63, 3.8) is 0 Å². The van der Waals surface area contributed by atoms with Gasteiger partial charge in [0.05, 0.1) is 66.1 Å². The van der Waals surface area contributed by atoms with Gasteiger partial charge in [0.2, 0.25) is 57.5 Å². The Kier molecular flexibility index (Phi) is 11.3. The van der Waals surface area contributed by atoms with Crippen LogP contribution in [0.25, 0.3) is 98.7 Å². The number of hydrogen-bond donors (Lipinski definition) is 34. The predicted octanol–water partition coefficient (Wildman–Crippen LogP) is 4.62. The summed E-state index contributed by atoms with van der Waals surface area (Å²) in [5.41, 5.74) is -17.3. The summed E-state index contributed by atoms with van der Waals surface area (Å²) in [4.78, 5) is 0. The number of phenolic OH excluding ortho intramolecular Hbond substituents is 34. The average molecular weight is 1200 g/mol. The van der Waals surface area contributed by atoms with Gasteiger partial charge in [0, 0.05) is 32.7 Å². The molecule has 0 aliphatic carbocycles. The van der Waals surface area contributed by atoms with E-state index < -0.39 is 294 Å². The second-order valence-electron chi connectivity index (χ2n) is 18.6. The van der Waals surface area contributed by atoms with Crippen LogP contribution in [-0.2, 0) is 0 Å². The van der Waals surface area contributed by atoms with Crippen molar-refractivity contribution >= 4 is 43.1 Å². The molecule has 0 atom stereocenters. The Bertz CT molecular complexity index is 4850. The molecule has 10 rings (SSSR count). The zero-order chi connectivity index (χ0) is 64.0. The Morgan fingerprint density at radius 3 is 0.453 bits per heavy atom. The highest BCUT2D eigenvalue weighted by Crippen LogP contribution is 2.72. The number of phenols is 34. The molecule has 0 fully saturated rings. The van der Waals surface area contributed by atoms with Crippen molar-refractivity contribution in [3.05, 3.63) is 0 Å². The Hall–Kier alpha value is -13.6. The molecular formula is C52H34O34. The van der Waals surface area contributed by atoms with Gasteiger partial charge in [-0.3, -0.25) is 0 Å². The van der Waals surface area contributed by atoms with Crippen LogP contribution in [-0.4, -0.2) is 174 Å². The monoisotopic (exact) mass is 1200 g/mol. The van der Waals surface area contributed by atoms with Gasteiger partial charge in [0.1, 0.15) is 23.0 Å². The van der Waals surface area contributed by atoms with Crippen molar-refractivity contribution in [1.82, 2.24) is 0 Å². The molecule has 0 spiro atoms. The molecule has 0 saturated heterocycles. The van der Waals surface area contributed by atoms with E-state index in [0.717, 1.165) is 0 Å². The summed E-state index contributed by atoms with van der Waals surface area (Å²) in [6.45, 7) is 0. The largest absolute Gasteiger partial charge is 0.506 e. The van der Waals surface area contributed by atoms with Crippen LogP contribution in [0.1, 0.15) is 0 Å². The standard InChI is InChI=1S/C52H34O34/c53-19-3-1(7-20(54)12-15(31(65)26(7)60)39(73)48(82)46(80)37(12)71)5-6(25(59)45(79)44(78)24(5)58)2(4(3)23(57)27(61)9(19)10-22(56)13-16(32(66)28(10)62)40(74)49(83)47(81)38(13)72)8-21(55)11(36(70)43(77)35(8)69)14-29(63)33(67)17(34(68)30(14)64)18-41(75)50(84)52(86)51(85)42(18)76/h53-86H. The van der Waals surface area contributed by atoms with Gasteiger partial charge in [-0.1, -0.05) is 0 Å².